The fraction of sp³-hybridized carbons (Fsp3) is 0.120. The number of nitrogen functional groups attached to an aromatic ring is 1. The second-order valence-electron chi connectivity index (χ2n) is 7.78. The zero-order valence-electron chi connectivity index (χ0n) is 18.6. The Bertz CT molecular complexity index is 1510. The number of hydrogen-bond donors (Lipinski definition) is 2. The van der Waals surface area contributed by atoms with E-state index in [4.69, 9.17) is 10.2 Å². The Morgan fingerprint density at radius 3 is 2.68 bits per heavy atom. The molecule has 5 rings (SSSR count). The third kappa shape index (κ3) is 4.06. The lowest BCUT2D eigenvalue weighted by molar-refractivity contribution is 0.0946. The molecule has 0 unspecified atom stereocenters. The van der Waals surface area contributed by atoms with Crippen LogP contribution in [-0.2, 0) is 6.54 Å². The number of hydrogen-bond acceptors (Lipinski definition) is 8. The van der Waals surface area contributed by atoms with Crippen molar-refractivity contribution < 1.29 is 9.21 Å². The number of pyridine rings is 2. The summed E-state index contributed by atoms with van der Waals surface area (Å²) >= 11 is 0. The largest absolute Gasteiger partial charge is 0.443 e. The average molecular weight is 451 g/mol. The fourth-order valence-corrected chi connectivity index (χ4v) is 3.69. The lowest BCUT2D eigenvalue weighted by Crippen LogP contribution is -2.26. The highest BCUT2D eigenvalue weighted by molar-refractivity contribution is 5.98. The second-order valence-corrected chi connectivity index (χ2v) is 7.78. The van der Waals surface area contributed by atoms with Crippen LogP contribution in [0.1, 0.15) is 27.4 Å². The lowest BCUT2D eigenvalue weighted by atomic mass is 10.1. The summed E-state index contributed by atoms with van der Waals surface area (Å²) in [6, 6.07) is 13.3. The van der Waals surface area contributed by atoms with Crippen LogP contribution in [0.25, 0.3) is 33.7 Å². The Kier molecular flexibility index (Phi) is 5.43. The van der Waals surface area contributed by atoms with E-state index >= 15 is 0 Å². The second kappa shape index (κ2) is 8.70. The number of fused-ring (bicyclic) bond motifs is 1. The average Bonchev–Trinajstić information content (AvgIpc) is 3.38. The highest BCUT2D eigenvalue weighted by Gasteiger charge is 2.22. The van der Waals surface area contributed by atoms with Crippen molar-refractivity contribution in [2.75, 3.05) is 5.73 Å². The van der Waals surface area contributed by atoms with E-state index in [1.165, 1.54) is 12.5 Å². The molecule has 0 spiro atoms. The van der Waals surface area contributed by atoms with Gasteiger partial charge in [0.05, 0.1) is 11.7 Å². The molecule has 4 heterocycles. The number of nitrogens with zero attached hydrogens (tertiary/aromatic N) is 5. The fourth-order valence-electron chi connectivity index (χ4n) is 3.69. The molecule has 168 valence electrons. The van der Waals surface area contributed by atoms with Crippen LogP contribution in [0.4, 0.5) is 5.82 Å². The Morgan fingerprint density at radius 2 is 1.88 bits per heavy atom. The molecule has 9 heteroatoms. The molecular weight excluding hydrogens is 430 g/mol. The van der Waals surface area contributed by atoms with Gasteiger partial charge in [-0.25, -0.2) is 15.0 Å². The van der Waals surface area contributed by atoms with Crippen molar-refractivity contribution in [1.82, 2.24) is 30.2 Å². The number of rotatable bonds is 5. The van der Waals surface area contributed by atoms with Gasteiger partial charge >= 0.3 is 0 Å². The number of benzene rings is 1. The van der Waals surface area contributed by atoms with Crippen LogP contribution in [0.3, 0.4) is 0 Å². The number of carbonyl (C=O) groups is 1. The summed E-state index contributed by atoms with van der Waals surface area (Å²) in [7, 11) is 0. The van der Waals surface area contributed by atoms with Crippen LogP contribution >= 0.6 is 0 Å². The summed E-state index contributed by atoms with van der Waals surface area (Å²) in [6.45, 7) is 4.11. The molecule has 0 aliphatic rings. The van der Waals surface area contributed by atoms with Gasteiger partial charge in [-0.2, -0.15) is 0 Å². The first-order chi connectivity index (χ1) is 16.5. The van der Waals surface area contributed by atoms with Crippen LogP contribution in [0.5, 0.6) is 0 Å². The van der Waals surface area contributed by atoms with E-state index in [1.54, 1.807) is 6.20 Å². The van der Waals surface area contributed by atoms with Crippen LogP contribution in [0, 0.1) is 13.8 Å². The van der Waals surface area contributed by atoms with Gasteiger partial charge in [-0.05, 0) is 43.7 Å². The molecule has 0 saturated heterocycles. The molecule has 9 nitrogen and oxygen atoms in total. The number of aromatic nitrogens is 5. The number of nitrogens with one attached hydrogen (secondary N) is 1. The number of nitrogens with two attached hydrogens (primary N) is 1. The standard InChI is InChI=1S/C25H21N7O2/c1-14-5-6-18(15(2)30-14)13-29-24(33)22-23(26)32-21(25-28-10-11-34-25)20(31-22)17-7-8-19-16(12-17)4-3-9-27-19/h3-12H,13H2,1-2H3,(H2,26,32)(H,29,33). The molecule has 0 aliphatic carbocycles. The van der Waals surface area contributed by atoms with Crippen molar-refractivity contribution in [2.45, 2.75) is 20.4 Å². The van der Waals surface area contributed by atoms with E-state index in [0.717, 1.165) is 33.4 Å². The molecule has 4 aromatic heterocycles. The zero-order chi connectivity index (χ0) is 23.7. The molecule has 0 fully saturated rings. The first kappa shape index (κ1) is 21.2. The minimum Gasteiger partial charge on any atom is -0.443 e. The van der Waals surface area contributed by atoms with E-state index in [9.17, 15) is 4.79 Å². The number of aryl methyl sites for hydroxylation is 2. The quantitative estimate of drug-likeness (QED) is 0.411. The predicted molar refractivity (Wildman–Crippen MR) is 128 cm³/mol. The van der Waals surface area contributed by atoms with E-state index in [1.807, 2.05) is 56.3 Å². The monoisotopic (exact) mass is 451 g/mol. The third-order valence-electron chi connectivity index (χ3n) is 5.42. The van der Waals surface area contributed by atoms with Gasteiger partial charge in [-0.3, -0.25) is 14.8 Å². The molecule has 0 radical (unpaired) electrons. The van der Waals surface area contributed by atoms with E-state index in [0.29, 0.717) is 11.4 Å². The van der Waals surface area contributed by atoms with Crippen molar-refractivity contribution in [2.24, 2.45) is 0 Å². The van der Waals surface area contributed by atoms with Crippen LogP contribution in [-0.4, -0.2) is 30.8 Å². The maximum Gasteiger partial charge on any atom is 0.274 e. The summed E-state index contributed by atoms with van der Waals surface area (Å²) in [5, 5.41) is 3.79. The van der Waals surface area contributed by atoms with Gasteiger partial charge in [-0.15, -0.1) is 0 Å². The van der Waals surface area contributed by atoms with Gasteiger partial charge in [0.25, 0.3) is 5.91 Å². The van der Waals surface area contributed by atoms with Crippen molar-refractivity contribution in [3.63, 3.8) is 0 Å². The van der Waals surface area contributed by atoms with Crippen LogP contribution in [0.2, 0.25) is 0 Å². The van der Waals surface area contributed by atoms with Gasteiger partial charge in [0.1, 0.15) is 12.0 Å². The third-order valence-corrected chi connectivity index (χ3v) is 5.42. The first-order valence-electron chi connectivity index (χ1n) is 10.6. The zero-order valence-corrected chi connectivity index (χ0v) is 18.6. The summed E-state index contributed by atoms with van der Waals surface area (Å²) in [6.07, 6.45) is 4.69. The van der Waals surface area contributed by atoms with Gasteiger partial charge in [0, 0.05) is 35.1 Å². The summed E-state index contributed by atoms with van der Waals surface area (Å²) < 4.78 is 5.46. The van der Waals surface area contributed by atoms with E-state index < -0.39 is 5.91 Å². The van der Waals surface area contributed by atoms with Crippen molar-refractivity contribution in [3.05, 3.63) is 83.8 Å². The van der Waals surface area contributed by atoms with E-state index in [-0.39, 0.29) is 23.9 Å². The van der Waals surface area contributed by atoms with Crippen molar-refractivity contribution in [1.29, 1.82) is 0 Å². The Morgan fingerprint density at radius 1 is 1.00 bits per heavy atom. The highest BCUT2D eigenvalue weighted by Crippen LogP contribution is 2.31. The Hall–Kier alpha value is -4.66. The molecule has 5 aromatic rings. The molecule has 34 heavy (non-hydrogen) atoms. The number of carbonyl (C=O) groups excluding carboxylic acids is 1. The molecule has 0 bridgehead atoms. The summed E-state index contributed by atoms with van der Waals surface area (Å²) in [4.78, 5) is 35.1. The highest BCUT2D eigenvalue weighted by atomic mass is 16.3. The van der Waals surface area contributed by atoms with E-state index in [2.05, 4.69) is 30.2 Å². The van der Waals surface area contributed by atoms with Gasteiger partial charge in [0.15, 0.2) is 17.2 Å². The molecule has 1 aromatic carbocycles. The smallest absolute Gasteiger partial charge is 0.274 e. The van der Waals surface area contributed by atoms with Crippen molar-refractivity contribution in [3.8, 4) is 22.8 Å². The number of oxazole rings is 1. The normalized spacial score (nSPS) is 11.0. The molecule has 0 atom stereocenters. The summed E-state index contributed by atoms with van der Waals surface area (Å²) in [5.74, 6) is -0.197. The Balaban J connectivity index is 1.55. The molecule has 3 N–H and O–H groups in total. The Labute approximate surface area is 195 Å². The maximum absolute atomic E-state index is 13.0. The van der Waals surface area contributed by atoms with Gasteiger partial charge < -0.3 is 15.5 Å². The van der Waals surface area contributed by atoms with Gasteiger partial charge in [0.2, 0.25) is 5.89 Å². The van der Waals surface area contributed by atoms with Gasteiger partial charge in [-0.1, -0.05) is 18.2 Å². The number of anilines is 1. The molecule has 0 saturated carbocycles. The molecule has 1 amide bonds. The van der Waals surface area contributed by atoms with Crippen molar-refractivity contribution >= 4 is 22.6 Å². The maximum atomic E-state index is 13.0. The van der Waals surface area contributed by atoms with Crippen LogP contribution < -0.4 is 11.1 Å². The topological polar surface area (TPSA) is 133 Å². The SMILES string of the molecule is Cc1ccc(CNC(=O)c2nc(-c3ccc4ncccc4c3)c(-c3ncco3)nc2N)c(C)n1. The predicted octanol–water partition coefficient (Wildman–Crippen LogP) is 3.87. The number of amides is 1. The molecular formula is C25H21N7O2. The minimum atomic E-state index is -0.437. The summed E-state index contributed by atoms with van der Waals surface area (Å²) in [5.41, 5.74) is 11.2. The lowest BCUT2D eigenvalue weighted by Gasteiger charge is -2.12. The van der Waals surface area contributed by atoms with Crippen LogP contribution in [0.15, 0.2) is 65.5 Å². The minimum absolute atomic E-state index is 0.0179. The first-order valence-corrected chi connectivity index (χ1v) is 10.6. The molecule has 0 aliphatic heterocycles.